The first-order valence-corrected chi connectivity index (χ1v) is 13.9. The summed E-state index contributed by atoms with van der Waals surface area (Å²) < 4.78 is 0. The average Bonchev–Trinajstić information content (AvgIpc) is 3.04. The van der Waals surface area contributed by atoms with Crippen LogP contribution in [0.5, 0.6) is 0 Å². The molecule has 0 aromatic heterocycles. The zero-order valence-electron chi connectivity index (χ0n) is 22.3. The number of hydrogen-bond acceptors (Lipinski definition) is 2. The van der Waals surface area contributed by atoms with Crippen LogP contribution in [0.2, 0.25) is 0 Å². The third kappa shape index (κ3) is 2.71. The van der Waals surface area contributed by atoms with Crippen molar-refractivity contribution < 1.29 is 9.90 Å². The fourth-order valence-electron chi connectivity index (χ4n) is 11.5. The van der Waals surface area contributed by atoms with Gasteiger partial charge in [-0.15, -0.1) is 0 Å². The molecule has 5 saturated carbocycles. The first kappa shape index (κ1) is 23.4. The number of fused-ring (bicyclic) bond motifs is 7. The van der Waals surface area contributed by atoms with Crippen LogP contribution < -0.4 is 0 Å². The summed E-state index contributed by atoms with van der Waals surface area (Å²) >= 11 is 0. The zero-order chi connectivity index (χ0) is 23.5. The number of aliphatic hydroxyl groups is 1. The Morgan fingerprint density at radius 3 is 2.12 bits per heavy atom. The maximum absolute atomic E-state index is 12.9. The van der Waals surface area contributed by atoms with E-state index in [2.05, 4.69) is 55.4 Å². The molecule has 0 aromatic carbocycles. The Labute approximate surface area is 197 Å². The Hall–Kier alpha value is -0.370. The smallest absolute Gasteiger partial charge is 0.138 e. The molecule has 0 heterocycles. The predicted molar refractivity (Wildman–Crippen MR) is 131 cm³/mol. The van der Waals surface area contributed by atoms with E-state index in [4.69, 9.17) is 0 Å². The van der Waals surface area contributed by atoms with Gasteiger partial charge in [0.05, 0.1) is 5.60 Å². The molecule has 0 bridgehead atoms. The summed E-state index contributed by atoms with van der Waals surface area (Å²) in [6.45, 7) is 19.2. The summed E-state index contributed by atoms with van der Waals surface area (Å²) in [6, 6.07) is 0. The van der Waals surface area contributed by atoms with Gasteiger partial charge in [0, 0.05) is 11.8 Å². The first-order chi connectivity index (χ1) is 14.6. The Morgan fingerprint density at radius 2 is 1.47 bits per heavy atom. The van der Waals surface area contributed by atoms with Crippen LogP contribution in [0.4, 0.5) is 0 Å². The van der Waals surface area contributed by atoms with Crippen molar-refractivity contribution in [3.63, 3.8) is 0 Å². The standard InChI is InChI=1S/C30H50O2/c1-25(2)21-12-16-30(8)22(28(21,6)15-13-23(25)31)10-9-20-24-19(26(3,4)32)11-14-27(24,5)17-18-29(20,30)7/h19-22,24,32H,9-18H2,1-8H3/t19-,20?,21?,22?,24?,27-,28+,29-,30-/m1/s1. The van der Waals surface area contributed by atoms with Crippen molar-refractivity contribution in [3.8, 4) is 0 Å². The second-order valence-corrected chi connectivity index (χ2v) is 15.3. The van der Waals surface area contributed by atoms with Gasteiger partial charge >= 0.3 is 0 Å². The molecular weight excluding hydrogens is 392 g/mol. The van der Waals surface area contributed by atoms with Crippen LogP contribution >= 0.6 is 0 Å². The maximum atomic E-state index is 12.9. The van der Waals surface area contributed by atoms with Crippen LogP contribution in [-0.4, -0.2) is 16.5 Å². The molecule has 32 heavy (non-hydrogen) atoms. The number of carbonyl (C=O) groups excluding carboxylic acids is 1. The van der Waals surface area contributed by atoms with Gasteiger partial charge in [-0.3, -0.25) is 4.79 Å². The van der Waals surface area contributed by atoms with Crippen molar-refractivity contribution in [1.29, 1.82) is 0 Å². The molecule has 9 atom stereocenters. The molecule has 182 valence electrons. The van der Waals surface area contributed by atoms with E-state index in [0.29, 0.717) is 45.2 Å². The lowest BCUT2D eigenvalue weighted by Crippen LogP contribution is -2.66. The highest BCUT2D eigenvalue weighted by molar-refractivity contribution is 5.85. The summed E-state index contributed by atoms with van der Waals surface area (Å²) in [4.78, 5) is 12.9. The molecule has 5 aliphatic carbocycles. The number of rotatable bonds is 1. The highest BCUT2D eigenvalue weighted by Crippen LogP contribution is 2.77. The molecule has 5 aliphatic rings. The number of carbonyl (C=O) groups is 1. The maximum Gasteiger partial charge on any atom is 0.138 e. The number of hydrogen-bond donors (Lipinski definition) is 1. The minimum absolute atomic E-state index is 0.158. The summed E-state index contributed by atoms with van der Waals surface area (Å²) in [6.07, 6.45) is 12.3. The molecule has 0 saturated heterocycles. The average molecular weight is 443 g/mol. The molecule has 0 spiro atoms. The van der Waals surface area contributed by atoms with Gasteiger partial charge in [0.1, 0.15) is 5.78 Å². The predicted octanol–water partition coefficient (Wildman–Crippen LogP) is 7.43. The van der Waals surface area contributed by atoms with E-state index in [1.807, 2.05) is 0 Å². The van der Waals surface area contributed by atoms with Crippen molar-refractivity contribution >= 4 is 5.78 Å². The van der Waals surface area contributed by atoms with Gasteiger partial charge in [0.25, 0.3) is 0 Å². The van der Waals surface area contributed by atoms with Crippen LogP contribution in [0.1, 0.15) is 120 Å². The summed E-state index contributed by atoms with van der Waals surface area (Å²) in [5.74, 6) is 3.62. The minimum Gasteiger partial charge on any atom is -0.390 e. The van der Waals surface area contributed by atoms with Crippen molar-refractivity contribution in [2.45, 2.75) is 125 Å². The highest BCUT2D eigenvalue weighted by atomic mass is 16.3. The van der Waals surface area contributed by atoms with Crippen LogP contribution in [0.25, 0.3) is 0 Å². The van der Waals surface area contributed by atoms with Gasteiger partial charge in [0.2, 0.25) is 0 Å². The van der Waals surface area contributed by atoms with E-state index in [1.165, 1.54) is 51.4 Å². The normalized spacial score (nSPS) is 54.9. The van der Waals surface area contributed by atoms with E-state index in [0.717, 1.165) is 24.7 Å². The molecule has 0 radical (unpaired) electrons. The second-order valence-electron chi connectivity index (χ2n) is 15.3. The molecule has 4 unspecified atom stereocenters. The van der Waals surface area contributed by atoms with Crippen molar-refractivity contribution in [1.82, 2.24) is 0 Å². The van der Waals surface area contributed by atoms with E-state index in [9.17, 15) is 9.90 Å². The summed E-state index contributed by atoms with van der Waals surface area (Å²) in [5.41, 5.74) is 0.687. The summed E-state index contributed by atoms with van der Waals surface area (Å²) in [7, 11) is 0. The molecule has 1 N–H and O–H groups in total. The lowest BCUT2D eigenvalue weighted by molar-refractivity contribution is -0.237. The van der Waals surface area contributed by atoms with E-state index >= 15 is 0 Å². The fourth-order valence-corrected chi connectivity index (χ4v) is 11.5. The van der Waals surface area contributed by atoms with Gasteiger partial charge in [-0.25, -0.2) is 0 Å². The van der Waals surface area contributed by atoms with Gasteiger partial charge in [-0.05, 0) is 123 Å². The van der Waals surface area contributed by atoms with E-state index < -0.39 is 5.60 Å². The van der Waals surface area contributed by atoms with Gasteiger partial charge in [-0.2, -0.15) is 0 Å². The molecule has 0 aromatic rings. The molecule has 2 heteroatoms. The van der Waals surface area contributed by atoms with Crippen molar-refractivity contribution in [2.24, 2.45) is 56.7 Å². The topological polar surface area (TPSA) is 37.3 Å². The van der Waals surface area contributed by atoms with Crippen LogP contribution in [-0.2, 0) is 4.79 Å². The van der Waals surface area contributed by atoms with Crippen molar-refractivity contribution in [2.75, 3.05) is 0 Å². The Bertz CT molecular complexity index is 806. The largest absolute Gasteiger partial charge is 0.390 e. The van der Waals surface area contributed by atoms with Crippen LogP contribution in [0, 0.1) is 56.7 Å². The third-order valence-corrected chi connectivity index (χ3v) is 13.5. The quantitative estimate of drug-likeness (QED) is 0.458. The van der Waals surface area contributed by atoms with Crippen LogP contribution in [0.15, 0.2) is 0 Å². The lowest BCUT2D eigenvalue weighted by Gasteiger charge is -2.72. The SMILES string of the molecule is CC1(C)C(=O)CC[C@@]2(C)C1CC[C@]1(C)C2CCC2C3[C@H](C(C)(C)O)CC[C@]3(C)CC[C@]21C. The fraction of sp³-hybridized carbons (Fsp3) is 0.967. The molecule has 5 fully saturated rings. The van der Waals surface area contributed by atoms with E-state index in [1.54, 1.807) is 0 Å². The molecule has 0 aliphatic heterocycles. The molecular formula is C30H50O2. The summed E-state index contributed by atoms with van der Waals surface area (Å²) in [5, 5.41) is 11.2. The third-order valence-electron chi connectivity index (χ3n) is 13.5. The van der Waals surface area contributed by atoms with E-state index in [-0.39, 0.29) is 5.41 Å². The Balaban J connectivity index is 1.55. The molecule has 5 rings (SSSR count). The zero-order valence-corrected chi connectivity index (χ0v) is 22.3. The number of Topliss-reactive ketones (excluding diaryl/α,β-unsaturated/α-hetero) is 1. The van der Waals surface area contributed by atoms with Crippen LogP contribution in [0.3, 0.4) is 0 Å². The van der Waals surface area contributed by atoms with Gasteiger partial charge < -0.3 is 5.11 Å². The Kier molecular flexibility index (Phi) is 4.85. The monoisotopic (exact) mass is 442 g/mol. The van der Waals surface area contributed by atoms with Gasteiger partial charge in [0.15, 0.2) is 0 Å². The number of ketones is 1. The first-order valence-electron chi connectivity index (χ1n) is 13.9. The molecule has 0 amide bonds. The lowest BCUT2D eigenvalue weighted by atomic mass is 9.32. The highest BCUT2D eigenvalue weighted by Gasteiger charge is 2.70. The minimum atomic E-state index is -0.574. The second kappa shape index (κ2) is 6.64. The van der Waals surface area contributed by atoms with Gasteiger partial charge in [-0.1, -0.05) is 41.5 Å². The Morgan fingerprint density at radius 1 is 0.781 bits per heavy atom. The molecule has 2 nitrogen and oxygen atoms in total. The van der Waals surface area contributed by atoms with Crippen molar-refractivity contribution in [3.05, 3.63) is 0 Å².